The van der Waals surface area contributed by atoms with Crippen LogP contribution in [0.5, 0.6) is 0 Å². The molecule has 1 aliphatic rings. The van der Waals surface area contributed by atoms with Crippen LogP contribution in [0.2, 0.25) is 5.02 Å². The SMILES string of the molecule is Cc1ccc(Cl)c2ccc(NC[C@]3(CCO)CCOC3)nc12. The van der Waals surface area contributed by atoms with Crippen molar-refractivity contribution in [3.8, 4) is 0 Å². The smallest absolute Gasteiger partial charge is 0.126 e. The Morgan fingerprint density at radius 1 is 1.36 bits per heavy atom. The van der Waals surface area contributed by atoms with Crippen LogP contribution < -0.4 is 5.32 Å². The average molecular weight is 321 g/mol. The van der Waals surface area contributed by atoms with E-state index in [9.17, 15) is 5.11 Å². The first kappa shape index (κ1) is 15.5. The van der Waals surface area contributed by atoms with Crippen molar-refractivity contribution in [3.63, 3.8) is 0 Å². The zero-order chi connectivity index (χ0) is 15.6. The summed E-state index contributed by atoms with van der Waals surface area (Å²) >= 11 is 6.22. The number of ether oxygens (including phenoxy) is 1. The first-order chi connectivity index (χ1) is 10.6. The van der Waals surface area contributed by atoms with Crippen LogP contribution in [0.3, 0.4) is 0 Å². The number of aliphatic hydroxyl groups is 1. The molecule has 1 atom stereocenters. The molecular formula is C17H21ClN2O2. The average Bonchev–Trinajstić information content (AvgIpc) is 2.98. The standard InChI is InChI=1S/C17H21ClN2O2/c1-12-2-4-14(18)13-3-5-15(20-16(12)13)19-10-17(6-8-21)7-9-22-11-17/h2-5,21H,6-11H2,1H3,(H,19,20)/t17-/m0/s1. The number of halogens is 1. The topological polar surface area (TPSA) is 54.4 Å². The largest absolute Gasteiger partial charge is 0.396 e. The summed E-state index contributed by atoms with van der Waals surface area (Å²) in [7, 11) is 0. The summed E-state index contributed by atoms with van der Waals surface area (Å²) in [5, 5.41) is 14.4. The van der Waals surface area contributed by atoms with Gasteiger partial charge in [0.1, 0.15) is 5.82 Å². The molecule has 0 radical (unpaired) electrons. The predicted octanol–water partition coefficient (Wildman–Crippen LogP) is 3.40. The lowest BCUT2D eigenvalue weighted by Crippen LogP contribution is -2.31. The summed E-state index contributed by atoms with van der Waals surface area (Å²) in [6.45, 7) is 4.44. The number of hydrogen-bond acceptors (Lipinski definition) is 4. The van der Waals surface area contributed by atoms with Gasteiger partial charge in [-0.3, -0.25) is 0 Å². The lowest BCUT2D eigenvalue weighted by Gasteiger charge is -2.27. The van der Waals surface area contributed by atoms with E-state index in [-0.39, 0.29) is 12.0 Å². The van der Waals surface area contributed by atoms with Crippen LogP contribution in [0.1, 0.15) is 18.4 Å². The minimum atomic E-state index is 0.00870. The van der Waals surface area contributed by atoms with E-state index < -0.39 is 0 Å². The van der Waals surface area contributed by atoms with E-state index in [1.165, 1.54) is 0 Å². The fraction of sp³-hybridized carbons (Fsp3) is 0.471. The molecule has 2 aromatic rings. The molecule has 0 unspecified atom stereocenters. The Hall–Kier alpha value is -1.36. The quantitative estimate of drug-likeness (QED) is 0.886. The summed E-state index contributed by atoms with van der Waals surface area (Å²) in [6, 6.07) is 7.85. The number of rotatable bonds is 5. The van der Waals surface area contributed by atoms with Gasteiger partial charge in [0, 0.05) is 35.6 Å². The molecule has 2 heterocycles. The molecular weight excluding hydrogens is 300 g/mol. The maximum absolute atomic E-state index is 9.28. The van der Waals surface area contributed by atoms with Gasteiger partial charge in [-0.25, -0.2) is 4.98 Å². The predicted molar refractivity (Wildman–Crippen MR) is 89.6 cm³/mol. The molecule has 118 valence electrons. The van der Waals surface area contributed by atoms with Gasteiger partial charge in [-0.2, -0.15) is 0 Å². The first-order valence-electron chi connectivity index (χ1n) is 7.62. The Kier molecular flexibility index (Phi) is 4.52. The van der Waals surface area contributed by atoms with E-state index in [0.29, 0.717) is 6.61 Å². The number of nitrogens with zero attached hydrogens (tertiary/aromatic N) is 1. The van der Waals surface area contributed by atoms with Gasteiger partial charge in [0.05, 0.1) is 12.1 Å². The van der Waals surface area contributed by atoms with Crippen molar-refractivity contribution in [2.75, 3.05) is 31.7 Å². The van der Waals surface area contributed by atoms with E-state index >= 15 is 0 Å². The summed E-state index contributed by atoms with van der Waals surface area (Å²) in [4.78, 5) is 4.69. The van der Waals surface area contributed by atoms with E-state index in [2.05, 4.69) is 10.3 Å². The summed E-state index contributed by atoms with van der Waals surface area (Å²) in [6.07, 6.45) is 1.72. The van der Waals surface area contributed by atoms with Gasteiger partial charge in [-0.05, 0) is 43.5 Å². The van der Waals surface area contributed by atoms with Crippen LogP contribution in [0.15, 0.2) is 24.3 Å². The highest BCUT2D eigenvalue weighted by molar-refractivity contribution is 6.35. The molecule has 1 aliphatic heterocycles. The summed E-state index contributed by atoms with van der Waals surface area (Å²) in [5.74, 6) is 0.835. The van der Waals surface area contributed by atoms with Gasteiger partial charge in [0.25, 0.3) is 0 Å². The van der Waals surface area contributed by atoms with Crippen molar-refractivity contribution in [1.29, 1.82) is 0 Å². The number of nitrogens with one attached hydrogen (secondary N) is 1. The molecule has 0 spiro atoms. The number of benzene rings is 1. The molecule has 0 bridgehead atoms. The monoisotopic (exact) mass is 320 g/mol. The fourth-order valence-corrected chi connectivity index (χ4v) is 3.22. The number of aryl methyl sites for hydroxylation is 1. The molecule has 3 rings (SSSR count). The third kappa shape index (κ3) is 3.05. The summed E-state index contributed by atoms with van der Waals surface area (Å²) < 4.78 is 5.52. The third-order valence-electron chi connectivity index (χ3n) is 4.48. The third-order valence-corrected chi connectivity index (χ3v) is 4.81. The Bertz CT molecular complexity index is 669. The highest BCUT2D eigenvalue weighted by Crippen LogP contribution is 2.33. The van der Waals surface area contributed by atoms with E-state index in [1.54, 1.807) is 0 Å². The van der Waals surface area contributed by atoms with Gasteiger partial charge in [-0.15, -0.1) is 0 Å². The second-order valence-corrected chi connectivity index (χ2v) is 6.49. The van der Waals surface area contributed by atoms with Crippen molar-refractivity contribution in [1.82, 2.24) is 4.98 Å². The van der Waals surface area contributed by atoms with E-state index in [0.717, 1.165) is 53.3 Å². The van der Waals surface area contributed by atoms with E-state index in [4.69, 9.17) is 16.3 Å². The Morgan fingerprint density at radius 2 is 2.23 bits per heavy atom. The highest BCUT2D eigenvalue weighted by atomic mass is 35.5. The molecule has 0 amide bonds. The van der Waals surface area contributed by atoms with Gasteiger partial charge in [0.2, 0.25) is 0 Å². The Balaban J connectivity index is 1.81. The number of aromatic nitrogens is 1. The van der Waals surface area contributed by atoms with Crippen LogP contribution in [-0.2, 0) is 4.74 Å². The molecule has 5 heteroatoms. The second kappa shape index (κ2) is 6.41. The first-order valence-corrected chi connectivity index (χ1v) is 8.00. The van der Waals surface area contributed by atoms with Gasteiger partial charge < -0.3 is 15.2 Å². The number of hydrogen-bond donors (Lipinski definition) is 2. The van der Waals surface area contributed by atoms with Crippen LogP contribution in [-0.4, -0.2) is 36.5 Å². The minimum Gasteiger partial charge on any atom is -0.396 e. The lowest BCUT2D eigenvalue weighted by atomic mass is 9.84. The number of anilines is 1. The van der Waals surface area contributed by atoms with Crippen molar-refractivity contribution in [2.45, 2.75) is 19.8 Å². The van der Waals surface area contributed by atoms with Gasteiger partial charge in [-0.1, -0.05) is 17.7 Å². The highest BCUT2D eigenvalue weighted by Gasteiger charge is 2.34. The minimum absolute atomic E-state index is 0.00870. The van der Waals surface area contributed by atoms with E-state index in [1.807, 2.05) is 31.2 Å². The van der Waals surface area contributed by atoms with Crippen LogP contribution in [0.25, 0.3) is 10.9 Å². The van der Waals surface area contributed by atoms with Crippen LogP contribution in [0.4, 0.5) is 5.82 Å². The van der Waals surface area contributed by atoms with Crippen molar-refractivity contribution < 1.29 is 9.84 Å². The van der Waals surface area contributed by atoms with Crippen LogP contribution >= 0.6 is 11.6 Å². The number of aliphatic hydroxyl groups excluding tert-OH is 1. The zero-order valence-corrected chi connectivity index (χ0v) is 13.5. The molecule has 1 fully saturated rings. The fourth-order valence-electron chi connectivity index (χ4n) is 3.01. The number of fused-ring (bicyclic) bond motifs is 1. The molecule has 1 aromatic heterocycles. The van der Waals surface area contributed by atoms with Crippen molar-refractivity contribution in [3.05, 3.63) is 34.9 Å². The molecule has 22 heavy (non-hydrogen) atoms. The number of pyridine rings is 1. The maximum Gasteiger partial charge on any atom is 0.126 e. The molecule has 1 aromatic carbocycles. The van der Waals surface area contributed by atoms with Crippen molar-refractivity contribution >= 4 is 28.3 Å². The van der Waals surface area contributed by atoms with Crippen molar-refractivity contribution in [2.24, 2.45) is 5.41 Å². The summed E-state index contributed by atoms with van der Waals surface area (Å²) in [5.41, 5.74) is 2.04. The second-order valence-electron chi connectivity index (χ2n) is 6.09. The Morgan fingerprint density at radius 3 is 2.95 bits per heavy atom. The lowest BCUT2D eigenvalue weighted by molar-refractivity contribution is 0.133. The molecule has 0 aliphatic carbocycles. The Labute approximate surface area is 135 Å². The van der Waals surface area contributed by atoms with Gasteiger partial charge >= 0.3 is 0 Å². The molecule has 0 saturated carbocycles. The van der Waals surface area contributed by atoms with Crippen LogP contribution in [0, 0.1) is 12.3 Å². The zero-order valence-electron chi connectivity index (χ0n) is 12.7. The molecule has 4 nitrogen and oxygen atoms in total. The normalized spacial score (nSPS) is 21.4. The maximum atomic E-state index is 9.28. The molecule has 1 saturated heterocycles. The molecule has 2 N–H and O–H groups in total. The van der Waals surface area contributed by atoms with Gasteiger partial charge in [0.15, 0.2) is 0 Å².